The third kappa shape index (κ3) is 5.63. The fraction of sp³-hybridized carbons (Fsp3) is 0.250. The molecular formula is C24H25F2N3O. The second kappa shape index (κ2) is 9.03. The van der Waals surface area contributed by atoms with Gasteiger partial charge in [-0.3, -0.25) is 4.79 Å². The molecule has 0 aliphatic heterocycles. The lowest BCUT2D eigenvalue weighted by Gasteiger charge is -2.19. The largest absolute Gasteiger partial charge is 0.370 e. The molecule has 0 bridgehead atoms. The van der Waals surface area contributed by atoms with Crippen molar-refractivity contribution in [3.8, 4) is 0 Å². The van der Waals surface area contributed by atoms with Gasteiger partial charge in [-0.2, -0.15) is 0 Å². The zero-order valence-corrected chi connectivity index (χ0v) is 17.3. The number of nitrogens with zero attached hydrogens (tertiary/aromatic N) is 1. The minimum Gasteiger partial charge on any atom is -0.370 e. The lowest BCUT2D eigenvalue weighted by atomic mass is 9.86. The van der Waals surface area contributed by atoms with Gasteiger partial charge in [0.2, 0.25) is 0 Å². The maximum Gasteiger partial charge on any atom is 0.255 e. The fourth-order valence-electron chi connectivity index (χ4n) is 2.95. The molecule has 0 unspecified atom stereocenters. The zero-order chi connectivity index (χ0) is 21.7. The lowest BCUT2D eigenvalue weighted by Crippen LogP contribution is -2.14. The molecule has 0 radical (unpaired) electrons. The summed E-state index contributed by atoms with van der Waals surface area (Å²) in [5, 5.41) is 5.76. The van der Waals surface area contributed by atoms with E-state index in [2.05, 4.69) is 60.7 Å². The number of hydrogen-bond acceptors (Lipinski definition) is 3. The highest BCUT2D eigenvalue weighted by molar-refractivity contribution is 6.04. The van der Waals surface area contributed by atoms with Gasteiger partial charge in [0.25, 0.3) is 5.91 Å². The lowest BCUT2D eigenvalue weighted by molar-refractivity contribution is 0.102. The van der Waals surface area contributed by atoms with E-state index in [9.17, 15) is 13.6 Å². The Labute approximate surface area is 175 Å². The van der Waals surface area contributed by atoms with E-state index in [4.69, 9.17) is 0 Å². The number of carbonyl (C=O) groups excluding carboxylic acids is 1. The van der Waals surface area contributed by atoms with Gasteiger partial charge < -0.3 is 10.6 Å². The van der Waals surface area contributed by atoms with Gasteiger partial charge in [0.15, 0.2) is 11.6 Å². The molecule has 1 aromatic heterocycles. The van der Waals surface area contributed by atoms with Crippen molar-refractivity contribution in [2.75, 3.05) is 17.2 Å². The third-order valence-electron chi connectivity index (χ3n) is 4.74. The first-order chi connectivity index (χ1) is 14.2. The van der Waals surface area contributed by atoms with Crippen molar-refractivity contribution in [1.29, 1.82) is 0 Å². The van der Waals surface area contributed by atoms with Crippen molar-refractivity contribution in [3.05, 3.63) is 89.1 Å². The predicted octanol–water partition coefficient (Wildman–Crippen LogP) is 5.56. The molecule has 0 atom stereocenters. The monoisotopic (exact) mass is 409 g/mol. The van der Waals surface area contributed by atoms with Gasteiger partial charge in [-0.15, -0.1) is 0 Å². The summed E-state index contributed by atoms with van der Waals surface area (Å²) < 4.78 is 26.3. The number of nitrogens with one attached hydrogen (secondary N) is 2. The summed E-state index contributed by atoms with van der Waals surface area (Å²) in [6.07, 6.45) is 2.35. The van der Waals surface area contributed by atoms with E-state index >= 15 is 0 Å². The molecule has 0 aliphatic carbocycles. The van der Waals surface area contributed by atoms with Crippen LogP contribution in [0.4, 0.5) is 20.3 Å². The van der Waals surface area contributed by atoms with E-state index < -0.39 is 17.5 Å². The summed E-state index contributed by atoms with van der Waals surface area (Å²) in [5.74, 6) is -1.83. The SMILES string of the molecule is CC(C)(C)c1ccc(CCNc2cc(C(=O)Nc3ccc(F)c(F)c3)ccn2)cc1. The second-order valence-corrected chi connectivity index (χ2v) is 8.14. The van der Waals surface area contributed by atoms with Crippen molar-refractivity contribution in [2.24, 2.45) is 0 Å². The molecule has 6 heteroatoms. The number of rotatable bonds is 6. The van der Waals surface area contributed by atoms with Gasteiger partial charge >= 0.3 is 0 Å². The van der Waals surface area contributed by atoms with Crippen LogP contribution in [0.3, 0.4) is 0 Å². The summed E-state index contributed by atoms with van der Waals surface area (Å²) in [6, 6.07) is 15.0. The Kier molecular flexibility index (Phi) is 6.45. The van der Waals surface area contributed by atoms with Gasteiger partial charge in [-0.1, -0.05) is 45.0 Å². The van der Waals surface area contributed by atoms with Crippen molar-refractivity contribution in [1.82, 2.24) is 4.98 Å². The van der Waals surface area contributed by atoms with Crippen LogP contribution in [0.1, 0.15) is 42.3 Å². The Balaban J connectivity index is 1.57. The van der Waals surface area contributed by atoms with Gasteiger partial charge in [-0.25, -0.2) is 13.8 Å². The summed E-state index contributed by atoms with van der Waals surface area (Å²) in [7, 11) is 0. The van der Waals surface area contributed by atoms with E-state index in [0.717, 1.165) is 18.6 Å². The van der Waals surface area contributed by atoms with Crippen molar-refractivity contribution >= 4 is 17.4 Å². The highest BCUT2D eigenvalue weighted by Crippen LogP contribution is 2.22. The van der Waals surface area contributed by atoms with Crippen LogP contribution in [-0.2, 0) is 11.8 Å². The van der Waals surface area contributed by atoms with E-state index in [1.807, 2.05) is 0 Å². The molecule has 1 heterocycles. The zero-order valence-electron chi connectivity index (χ0n) is 17.3. The van der Waals surface area contributed by atoms with Gasteiger partial charge in [-0.05, 0) is 47.2 Å². The molecule has 0 aliphatic rings. The van der Waals surface area contributed by atoms with Crippen LogP contribution in [0.15, 0.2) is 60.8 Å². The molecule has 30 heavy (non-hydrogen) atoms. The minimum absolute atomic E-state index is 0.126. The number of benzene rings is 2. The molecular weight excluding hydrogens is 384 g/mol. The first kappa shape index (κ1) is 21.4. The molecule has 0 saturated heterocycles. The first-order valence-corrected chi connectivity index (χ1v) is 9.78. The molecule has 0 saturated carbocycles. The van der Waals surface area contributed by atoms with Crippen LogP contribution >= 0.6 is 0 Å². The number of amides is 1. The molecule has 1 amide bonds. The Morgan fingerprint density at radius 3 is 2.37 bits per heavy atom. The van der Waals surface area contributed by atoms with Crippen LogP contribution in [0.2, 0.25) is 0 Å². The molecule has 2 aromatic carbocycles. The van der Waals surface area contributed by atoms with Crippen LogP contribution in [0.25, 0.3) is 0 Å². The van der Waals surface area contributed by atoms with Crippen molar-refractivity contribution < 1.29 is 13.6 Å². The average Bonchev–Trinajstić information content (AvgIpc) is 2.71. The highest BCUT2D eigenvalue weighted by atomic mass is 19.2. The smallest absolute Gasteiger partial charge is 0.255 e. The normalized spacial score (nSPS) is 11.2. The Morgan fingerprint density at radius 2 is 1.70 bits per heavy atom. The molecule has 0 fully saturated rings. The minimum atomic E-state index is -1.01. The van der Waals surface area contributed by atoms with Crippen LogP contribution in [-0.4, -0.2) is 17.4 Å². The maximum absolute atomic E-state index is 13.3. The van der Waals surface area contributed by atoms with Crippen LogP contribution in [0, 0.1) is 11.6 Å². The topological polar surface area (TPSA) is 54.0 Å². The Bertz CT molecular complexity index is 1030. The van der Waals surface area contributed by atoms with Crippen molar-refractivity contribution in [3.63, 3.8) is 0 Å². The summed E-state index contributed by atoms with van der Waals surface area (Å²) in [6.45, 7) is 7.22. The molecule has 3 aromatic rings. The van der Waals surface area contributed by atoms with E-state index in [0.29, 0.717) is 17.9 Å². The van der Waals surface area contributed by atoms with E-state index in [-0.39, 0.29) is 11.1 Å². The van der Waals surface area contributed by atoms with Crippen LogP contribution < -0.4 is 10.6 Å². The molecule has 0 spiro atoms. The number of anilines is 2. The predicted molar refractivity (Wildman–Crippen MR) is 116 cm³/mol. The Hall–Kier alpha value is -3.28. The third-order valence-corrected chi connectivity index (χ3v) is 4.74. The molecule has 2 N–H and O–H groups in total. The van der Waals surface area contributed by atoms with Gasteiger partial charge in [0.05, 0.1) is 0 Å². The molecule has 3 rings (SSSR count). The summed E-state index contributed by atoms with van der Waals surface area (Å²) in [5.41, 5.74) is 3.18. The van der Waals surface area contributed by atoms with Crippen molar-refractivity contribution in [2.45, 2.75) is 32.6 Å². The maximum atomic E-state index is 13.3. The average molecular weight is 409 g/mol. The Morgan fingerprint density at radius 1 is 0.967 bits per heavy atom. The van der Waals surface area contributed by atoms with Gasteiger partial charge in [0, 0.05) is 30.1 Å². The standard InChI is InChI=1S/C24H25F2N3O/c1-24(2,3)18-6-4-16(5-7-18)10-12-27-22-14-17(11-13-28-22)23(30)29-19-8-9-20(25)21(26)15-19/h4-9,11,13-15H,10,12H2,1-3H3,(H,27,28)(H,29,30). The van der Waals surface area contributed by atoms with Gasteiger partial charge in [0.1, 0.15) is 5.82 Å². The number of halogens is 2. The second-order valence-electron chi connectivity index (χ2n) is 8.14. The molecule has 4 nitrogen and oxygen atoms in total. The summed E-state index contributed by atoms with van der Waals surface area (Å²) >= 11 is 0. The number of hydrogen-bond donors (Lipinski definition) is 2. The number of aromatic nitrogens is 1. The number of carbonyl (C=O) groups is 1. The first-order valence-electron chi connectivity index (χ1n) is 9.78. The molecule has 156 valence electrons. The summed E-state index contributed by atoms with van der Waals surface area (Å²) in [4.78, 5) is 16.6. The quantitative estimate of drug-likeness (QED) is 0.560. The van der Waals surface area contributed by atoms with E-state index in [1.54, 1.807) is 12.1 Å². The highest BCUT2D eigenvalue weighted by Gasteiger charge is 2.13. The fourth-order valence-corrected chi connectivity index (χ4v) is 2.95. The number of pyridine rings is 1. The van der Waals surface area contributed by atoms with Crippen LogP contribution in [0.5, 0.6) is 0 Å². The van der Waals surface area contributed by atoms with E-state index in [1.165, 1.54) is 23.4 Å².